The van der Waals surface area contributed by atoms with Gasteiger partial charge in [0.2, 0.25) is 5.82 Å². The molecule has 29 heavy (non-hydrogen) atoms. The standard InChI is InChI=1S/C16H10ClF6N5O/c1-29-14-13(25-2-3-26-14)28-12(24)10(11(27-28)16(21,22)23)7-4-8(15(18,19)20)6-9(17)5-7/h2-6H,24H2,1H3. The molecule has 0 spiro atoms. The number of halogens is 7. The third kappa shape index (κ3) is 3.92. The first kappa shape index (κ1) is 20.7. The molecule has 0 aliphatic carbocycles. The van der Waals surface area contributed by atoms with Gasteiger partial charge in [0.15, 0.2) is 5.69 Å². The molecule has 2 aromatic heterocycles. The zero-order valence-corrected chi connectivity index (χ0v) is 15.1. The minimum absolute atomic E-state index is 0.191. The van der Waals surface area contributed by atoms with Crippen LogP contribution < -0.4 is 10.5 Å². The Balaban J connectivity index is 2.33. The molecule has 0 unspecified atom stereocenters. The summed E-state index contributed by atoms with van der Waals surface area (Å²) in [5.41, 5.74) is 1.81. The lowest BCUT2D eigenvalue weighted by Gasteiger charge is -2.12. The molecule has 13 heteroatoms. The topological polar surface area (TPSA) is 78.9 Å². The van der Waals surface area contributed by atoms with E-state index in [0.29, 0.717) is 16.8 Å². The van der Waals surface area contributed by atoms with Gasteiger partial charge >= 0.3 is 12.4 Å². The second-order valence-electron chi connectivity index (χ2n) is 5.63. The minimum Gasteiger partial charge on any atom is -0.478 e. The number of anilines is 1. The molecule has 0 bridgehead atoms. The molecule has 0 saturated carbocycles. The maximum atomic E-state index is 13.6. The van der Waals surface area contributed by atoms with Crippen molar-refractivity contribution in [2.45, 2.75) is 12.4 Å². The van der Waals surface area contributed by atoms with Gasteiger partial charge in [0.25, 0.3) is 5.88 Å². The number of alkyl halides is 6. The summed E-state index contributed by atoms with van der Waals surface area (Å²) >= 11 is 5.70. The van der Waals surface area contributed by atoms with Crippen LogP contribution in [-0.4, -0.2) is 26.9 Å². The Kier molecular flexibility index (Phi) is 5.07. The molecule has 6 nitrogen and oxygen atoms in total. The number of rotatable bonds is 3. The number of methoxy groups -OCH3 is 1. The van der Waals surface area contributed by atoms with Crippen molar-refractivity contribution in [3.63, 3.8) is 0 Å². The summed E-state index contributed by atoms with van der Waals surface area (Å²) in [4.78, 5) is 7.64. The van der Waals surface area contributed by atoms with Crippen molar-refractivity contribution in [3.05, 3.63) is 46.9 Å². The molecule has 2 heterocycles. The molecule has 0 aliphatic rings. The summed E-state index contributed by atoms with van der Waals surface area (Å²) in [6.07, 6.45) is -7.49. The van der Waals surface area contributed by atoms with Gasteiger partial charge in [-0.25, -0.2) is 9.97 Å². The molecular weight excluding hydrogens is 428 g/mol. The van der Waals surface area contributed by atoms with Crippen LogP contribution in [0.1, 0.15) is 11.3 Å². The smallest absolute Gasteiger partial charge is 0.435 e. The van der Waals surface area contributed by atoms with Gasteiger partial charge in [0, 0.05) is 17.4 Å². The van der Waals surface area contributed by atoms with E-state index in [9.17, 15) is 26.3 Å². The molecular formula is C16H10ClF6N5O. The number of nitrogen functional groups attached to an aromatic ring is 1. The Bertz CT molecular complexity index is 1060. The fraction of sp³-hybridized carbons (Fsp3) is 0.188. The Labute approximate surface area is 163 Å². The molecule has 0 atom stereocenters. The van der Waals surface area contributed by atoms with Gasteiger partial charge in [0.05, 0.1) is 18.2 Å². The van der Waals surface area contributed by atoms with Crippen molar-refractivity contribution in [2.24, 2.45) is 0 Å². The number of hydrogen-bond donors (Lipinski definition) is 1. The third-order valence-electron chi connectivity index (χ3n) is 3.74. The highest BCUT2D eigenvalue weighted by Crippen LogP contribution is 2.43. The van der Waals surface area contributed by atoms with Gasteiger partial charge in [0.1, 0.15) is 5.82 Å². The van der Waals surface area contributed by atoms with E-state index >= 15 is 0 Å². The van der Waals surface area contributed by atoms with Gasteiger partial charge in [-0.3, -0.25) is 0 Å². The quantitative estimate of drug-likeness (QED) is 0.605. The van der Waals surface area contributed by atoms with Crippen LogP contribution in [0.2, 0.25) is 5.02 Å². The zero-order chi connectivity index (χ0) is 21.6. The lowest BCUT2D eigenvalue weighted by atomic mass is 10.0. The lowest BCUT2D eigenvalue weighted by Crippen LogP contribution is -2.10. The molecule has 3 rings (SSSR count). The molecule has 2 N–H and O–H groups in total. The van der Waals surface area contributed by atoms with E-state index in [2.05, 4.69) is 15.1 Å². The van der Waals surface area contributed by atoms with Gasteiger partial charge in [-0.2, -0.15) is 36.1 Å². The van der Waals surface area contributed by atoms with Crippen molar-refractivity contribution < 1.29 is 31.1 Å². The first-order valence-corrected chi connectivity index (χ1v) is 8.00. The van der Waals surface area contributed by atoms with E-state index in [1.54, 1.807) is 0 Å². The first-order chi connectivity index (χ1) is 13.4. The number of benzene rings is 1. The van der Waals surface area contributed by atoms with Crippen molar-refractivity contribution in [1.29, 1.82) is 0 Å². The number of ether oxygens (including phenoxy) is 1. The molecule has 0 aliphatic heterocycles. The van der Waals surface area contributed by atoms with Crippen LogP contribution in [-0.2, 0) is 12.4 Å². The molecule has 0 saturated heterocycles. The molecule has 3 aromatic rings. The maximum absolute atomic E-state index is 13.6. The fourth-order valence-corrected chi connectivity index (χ4v) is 2.82. The van der Waals surface area contributed by atoms with E-state index < -0.39 is 45.6 Å². The highest BCUT2D eigenvalue weighted by Gasteiger charge is 2.41. The Morgan fingerprint density at radius 3 is 2.24 bits per heavy atom. The van der Waals surface area contributed by atoms with Crippen molar-refractivity contribution in [1.82, 2.24) is 19.7 Å². The monoisotopic (exact) mass is 437 g/mol. The summed E-state index contributed by atoms with van der Waals surface area (Å²) in [6.45, 7) is 0. The Morgan fingerprint density at radius 1 is 1.00 bits per heavy atom. The van der Waals surface area contributed by atoms with Crippen molar-refractivity contribution in [2.75, 3.05) is 12.8 Å². The average Bonchev–Trinajstić information content (AvgIpc) is 2.98. The van der Waals surface area contributed by atoms with Crippen LogP contribution in [0, 0.1) is 0 Å². The largest absolute Gasteiger partial charge is 0.478 e. The minimum atomic E-state index is -5.04. The van der Waals surface area contributed by atoms with Crippen LogP contribution in [0.25, 0.3) is 16.9 Å². The zero-order valence-electron chi connectivity index (χ0n) is 14.3. The molecule has 0 fully saturated rings. The van der Waals surface area contributed by atoms with E-state index in [1.165, 1.54) is 13.3 Å². The van der Waals surface area contributed by atoms with Crippen LogP contribution in [0.5, 0.6) is 5.88 Å². The van der Waals surface area contributed by atoms with Crippen molar-refractivity contribution in [3.8, 4) is 22.8 Å². The highest BCUT2D eigenvalue weighted by atomic mass is 35.5. The summed E-state index contributed by atoms with van der Waals surface area (Å²) in [5.74, 6) is -1.09. The second kappa shape index (κ2) is 7.10. The molecule has 0 radical (unpaired) electrons. The average molecular weight is 438 g/mol. The Morgan fingerprint density at radius 2 is 1.66 bits per heavy atom. The predicted molar refractivity (Wildman–Crippen MR) is 90.6 cm³/mol. The second-order valence-corrected chi connectivity index (χ2v) is 6.07. The summed E-state index contributed by atoms with van der Waals surface area (Å²) in [7, 11) is 1.20. The summed E-state index contributed by atoms with van der Waals surface area (Å²) in [6, 6.07) is 2.02. The number of hydrogen-bond acceptors (Lipinski definition) is 5. The van der Waals surface area contributed by atoms with E-state index in [4.69, 9.17) is 22.1 Å². The molecule has 154 valence electrons. The number of nitrogens with zero attached hydrogens (tertiary/aromatic N) is 4. The van der Waals surface area contributed by atoms with E-state index in [1.807, 2.05) is 0 Å². The SMILES string of the molecule is COc1nccnc1-n1nc(C(F)(F)F)c(-c2cc(Cl)cc(C(F)(F)F)c2)c1N. The van der Waals surface area contributed by atoms with Crippen molar-refractivity contribution >= 4 is 17.4 Å². The van der Waals surface area contributed by atoms with Crippen LogP contribution in [0.4, 0.5) is 32.2 Å². The van der Waals surface area contributed by atoms with Gasteiger partial charge in [-0.05, 0) is 23.8 Å². The number of nitrogens with two attached hydrogens (primary N) is 1. The first-order valence-electron chi connectivity index (χ1n) is 7.62. The van der Waals surface area contributed by atoms with Crippen LogP contribution in [0.15, 0.2) is 30.6 Å². The predicted octanol–water partition coefficient (Wildman–Crippen LogP) is 4.61. The molecule has 0 amide bonds. The van der Waals surface area contributed by atoms with E-state index in [0.717, 1.165) is 12.3 Å². The normalized spacial score (nSPS) is 12.3. The van der Waals surface area contributed by atoms with Gasteiger partial charge in [-0.1, -0.05) is 11.6 Å². The Hall–Kier alpha value is -3.02. The summed E-state index contributed by atoms with van der Waals surface area (Å²) in [5, 5.41) is 2.99. The highest BCUT2D eigenvalue weighted by molar-refractivity contribution is 6.31. The number of aromatic nitrogens is 4. The molecule has 1 aromatic carbocycles. The van der Waals surface area contributed by atoms with Crippen LogP contribution >= 0.6 is 11.6 Å². The maximum Gasteiger partial charge on any atom is 0.435 e. The fourth-order valence-electron chi connectivity index (χ4n) is 2.58. The van der Waals surface area contributed by atoms with Crippen LogP contribution in [0.3, 0.4) is 0 Å². The lowest BCUT2D eigenvalue weighted by molar-refractivity contribution is -0.140. The van der Waals surface area contributed by atoms with Gasteiger partial charge in [-0.15, -0.1) is 0 Å². The third-order valence-corrected chi connectivity index (χ3v) is 3.96. The summed E-state index contributed by atoms with van der Waals surface area (Å²) < 4.78 is 85.7. The van der Waals surface area contributed by atoms with Gasteiger partial charge < -0.3 is 10.5 Å². The van der Waals surface area contributed by atoms with E-state index in [-0.39, 0.29) is 11.7 Å².